The van der Waals surface area contributed by atoms with Crippen molar-refractivity contribution in [2.45, 2.75) is 26.2 Å². The molecule has 2 aromatic rings. The standard InChI is InChI=1S/C17H19BrN2S/c1-2-3-4-12-5-8-14(9-6-12)20-16-10-7-13(17(19)21)11-15(16)18/h5-11,20H,2-4H2,1H3,(H2,19,21). The largest absolute Gasteiger partial charge is 0.389 e. The summed E-state index contributed by atoms with van der Waals surface area (Å²) in [5.74, 6) is 0. The molecule has 0 heterocycles. The smallest absolute Gasteiger partial charge is 0.104 e. The highest BCUT2D eigenvalue weighted by Crippen LogP contribution is 2.27. The highest BCUT2D eigenvalue weighted by atomic mass is 79.9. The number of halogens is 1. The van der Waals surface area contributed by atoms with Crippen LogP contribution in [0, 0.1) is 0 Å². The van der Waals surface area contributed by atoms with Gasteiger partial charge in [0.1, 0.15) is 4.99 Å². The maximum atomic E-state index is 5.63. The number of nitrogens with one attached hydrogen (secondary N) is 1. The average molecular weight is 363 g/mol. The van der Waals surface area contributed by atoms with Gasteiger partial charge in [-0.15, -0.1) is 0 Å². The number of unbranched alkanes of at least 4 members (excludes halogenated alkanes) is 1. The van der Waals surface area contributed by atoms with Gasteiger partial charge in [0, 0.05) is 15.7 Å². The third-order valence-corrected chi connectivity index (χ3v) is 4.20. The number of nitrogens with two attached hydrogens (primary N) is 1. The topological polar surface area (TPSA) is 38.0 Å². The zero-order chi connectivity index (χ0) is 15.2. The van der Waals surface area contributed by atoms with Crippen molar-refractivity contribution in [1.29, 1.82) is 0 Å². The van der Waals surface area contributed by atoms with Crippen molar-refractivity contribution in [2.75, 3.05) is 5.32 Å². The lowest BCUT2D eigenvalue weighted by molar-refractivity contribution is 0.795. The third-order valence-electron chi connectivity index (χ3n) is 3.31. The van der Waals surface area contributed by atoms with E-state index in [2.05, 4.69) is 52.4 Å². The molecule has 0 bridgehead atoms. The molecule has 21 heavy (non-hydrogen) atoms. The molecule has 3 N–H and O–H groups in total. The summed E-state index contributed by atoms with van der Waals surface area (Å²) in [6.07, 6.45) is 3.60. The van der Waals surface area contributed by atoms with Crippen LogP contribution in [-0.4, -0.2) is 4.99 Å². The van der Waals surface area contributed by atoms with E-state index in [1.807, 2.05) is 18.2 Å². The van der Waals surface area contributed by atoms with Gasteiger partial charge < -0.3 is 11.1 Å². The van der Waals surface area contributed by atoms with Crippen molar-refractivity contribution in [3.8, 4) is 0 Å². The van der Waals surface area contributed by atoms with Crippen LogP contribution in [0.2, 0.25) is 0 Å². The normalized spacial score (nSPS) is 10.4. The molecular weight excluding hydrogens is 344 g/mol. The lowest BCUT2D eigenvalue weighted by atomic mass is 10.1. The Balaban J connectivity index is 2.09. The summed E-state index contributed by atoms with van der Waals surface area (Å²) in [4.78, 5) is 0.405. The predicted octanol–water partition coefficient (Wildman–Crippen LogP) is 5.17. The molecule has 0 aliphatic rings. The number of hydrogen-bond acceptors (Lipinski definition) is 2. The zero-order valence-corrected chi connectivity index (χ0v) is 14.4. The summed E-state index contributed by atoms with van der Waals surface area (Å²) < 4.78 is 0.947. The predicted molar refractivity (Wildman–Crippen MR) is 98.4 cm³/mol. The Kier molecular flexibility index (Phi) is 5.76. The van der Waals surface area contributed by atoms with Crippen LogP contribution in [0.5, 0.6) is 0 Å². The van der Waals surface area contributed by atoms with E-state index in [-0.39, 0.29) is 0 Å². The first-order chi connectivity index (χ1) is 10.1. The van der Waals surface area contributed by atoms with Crippen molar-refractivity contribution in [3.63, 3.8) is 0 Å². The Morgan fingerprint density at radius 2 is 1.90 bits per heavy atom. The van der Waals surface area contributed by atoms with Crippen LogP contribution in [0.15, 0.2) is 46.9 Å². The van der Waals surface area contributed by atoms with Crippen LogP contribution in [0.25, 0.3) is 0 Å². The summed E-state index contributed by atoms with van der Waals surface area (Å²) >= 11 is 8.52. The van der Waals surface area contributed by atoms with E-state index in [1.54, 1.807) is 0 Å². The average Bonchev–Trinajstić information content (AvgIpc) is 2.48. The Morgan fingerprint density at radius 1 is 1.19 bits per heavy atom. The Hall–Kier alpha value is -1.39. The number of thiocarbonyl (C=S) groups is 1. The summed E-state index contributed by atoms with van der Waals surface area (Å²) in [6.45, 7) is 2.21. The van der Waals surface area contributed by atoms with Crippen molar-refractivity contribution in [2.24, 2.45) is 5.73 Å². The highest BCUT2D eigenvalue weighted by Gasteiger charge is 2.04. The molecule has 4 heteroatoms. The molecule has 110 valence electrons. The summed E-state index contributed by atoms with van der Waals surface area (Å²) in [5.41, 5.74) is 9.94. The summed E-state index contributed by atoms with van der Waals surface area (Å²) in [7, 11) is 0. The van der Waals surface area contributed by atoms with E-state index in [0.717, 1.165) is 27.8 Å². The highest BCUT2D eigenvalue weighted by molar-refractivity contribution is 9.10. The van der Waals surface area contributed by atoms with E-state index < -0.39 is 0 Å². The molecular formula is C17H19BrN2S. The fraction of sp³-hybridized carbons (Fsp3) is 0.235. The second-order valence-electron chi connectivity index (χ2n) is 4.98. The fourth-order valence-corrected chi connectivity index (χ4v) is 2.67. The molecule has 0 saturated heterocycles. The van der Waals surface area contributed by atoms with E-state index in [1.165, 1.54) is 18.4 Å². The van der Waals surface area contributed by atoms with Gasteiger partial charge in [-0.05, 0) is 64.7 Å². The van der Waals surface area contributed by atoms with Gasteiger partial charge in [0.15, 0.2) is 0 Å². The maximum absolute atomic E-state index is 5.63. The lowest BCUT2D eigenvalue weighted by Gasteiger charge is -2.10. The molecule has 0 unspecified atom stereocenters. The number of rotatable bonds is 6. The second-order valence-corrected chi connectivity index (χ2v) is 6.28. The lowest BCUT2D eigenvalue weighted by Crippen LogP contribution is -2.09. The van der Waals surface area contributed by atoms with Crippen molar-refractivity contribution in [1.82, 2.24) is 0 Å². The van der Waals surface area contributed by atoms with Gasteiger partial charge in [-0.25, -0.2) is 0 Å². The minimum absolute atomic E-state index is 0.405. The number of hydrogen-bond donors (Lipinski definition) is 2. The molecule has 2 nitrogen and oxygen atoms in total. The number of benzene rings is 2. The molecule has 0 spiro atoms. The summed E-state index contributed by atoms with van der Waals surface area (Å²) in [6, 6.07) is 14.4. The Bertz CT molecular complexity index is 623. The van der Waals surface area contributed by atoms with E-state index in [0.29, 0.717) is 4.99 Å². The van der Waals surface area contributed by atoms with Crippen LogP contribution in [0.1, 0.15) is 30.9 Å². The molecule has 2 rings (SSSR count). The molecule has 0 aliphatic carbocycles. The molecule has 0 fully saturated rings. The minimum atomic E-state index is 0.405. The SMILES string of the molecule is CCCCc1ccc(Nc2ccc(C(N)=S)cc2Br)cc1. The maximum Gasteiger partial charge on any atom is 0.104 e. The first-order valence-electron chi connectivity index (χ1n) is 7.05. The molecule has 0 amide bonds. The van der Waals surface area contributed by atoms with Crippen LogP contribution in [0.4, 0.5) is 11.4 Å². The van der Waals surface area contributed by atoms with Crippen molar-refractivity contribution >= 4 is 44.5 Å². The van der Waals surface area contributed by atoms with Gasteiger partial charge in [0.05, 0.1) is 5.69 Å². The van der Waals surface area contributed by atoms with Crippen molar-refractivity contribution in [3.05, 3.63) is 58.1 Å². The van der Waals surface area contributed by atoms with Crippen LogP contribution in [-0.2, 0) is 6.42 Å². The van der Waals surface area contributed by atoms with E-state index in [4.69, 9.17) is 18.0 Å². The quantitative estimate of drug-likeness (QED) is 0.696. The number of aryl methyl sites for hydroxylation is 1. The number of anilines is 2. The van der Waals surface area contributed by atoms with Gasteiger partial charge >= 0.3 is 0 Å². The second kappa shape index (κ2) is 7.57. The molecule has 0 saturated carbocycles. The fourth-order valence-electron chi connectivity index (χ4n) is 2.06. The minimum Gasteiger partial charge on any atom is -0.389 e. The van der Waals surface area contributed by atoms with Gasteiger partial charge in [0.25, 0.3) is 0 Å². The van der Waals surface area contributed by atoms with Gasteiger partial charge in [-0.1, -0.05) is 37.7 Å². The summed E-state index contributed by atoms with van der Waals surface area (Å²) in [5, 5.41) is 3.39. The van der Waals surface area contributed by atoms with Gasteiger partial charge in [-0.3, -0.25) is 0 Å². The third kappa shape index (κ3) is 4.55. The molecule has 0 aliphatic heterocycles. The van der Waals surface area contributed by atoms with Crippen LogP contribution < -0.4 is 11.1 Å². The zero-order valence-electron chi connectivity index (χ0n) is 12.0. The van der Waals surface area contributed by atoms with Crippen LogP contribution >= 0.6 is 28.1 Å². The molecule has 0 radical (unpaired) electrons. The van der Waals surface area contributed by atoms with E-state index >= 15 is 0 Å². The van der Waals surface area contributed by atoms with Gasteiger partial charge in [-0.2, -0.15) is 0 Å². The van der Waals surface area contributed by atoms with Gasteiger partial charge in [0.2, 0.25) is 0 Å². The Labute approximate surface area is 139 Å². The molecule has 0 aromatic heterocycles. The van der Waals surface area contributed by atoms with Crippen LogP contribution in [0.3, 0.4) is 0 Å². The first-order valence-corrected chi connectivity index (χ1v) is 8.25. The van der Waals surface area contributed by atoms with E-state index in [9.17, 15) is 0 Å². The Morgan fingerprint density at radius 3 is 2.48 bits per heavy atom. The first kappa shape index (κ1) is 16.0. The molecule has 0 atom stereocenters. The monoisotopic (exact) mass is 362 g/mol. The van der Waals surface area contributed by atoms with Crippen molar-refractivity contribution < 1.29 is 0 Å². The molecule has 2 aromatic carbocycles.